The van der Waals surface area contributed by atoms with Crippen LogP contribution in [0.5, 0.6) is 11.5 Å². The third-order valence-electron chi connectivity index (χ3n) is 3.75. The average Bonchev–Trinajstić information content (AvgIpc) is 2.63. The molecule has 0 bridgehead atoms. The summed E-state index contributed by atoms with van der Waals surface area (Å²) in [6.45, 7) is 1.05. The highest BCUT2D eigenvalue weighted by Crippen LogP contribution is 2.30. The number of benzene rings is 2. The molecule has 0 spiro atoms. The molecule has 2 aromatic rings. The summed E-state index contributed by atoms with van der Waals surface area (Å²) < 4.78 is 32.4. The average molecular weight is 395 g/mol. The molecular formula is C17H15ClN2O3S2. The Hall–Kier alpha value is -1.72. The van der Waals surface area contributed by atoms with E-state index in [0.29, 0.717) is 29.6 Å². The molecule has 0 aromatic heterocycles. The molecule has 3 rings (SSSR count). The predicted octanol–water partition coefficient (Wildman–Crippen LogP) is 3.74. The Bertz CT molecular complexity index is 902. The number of nitriles is 1. The van der Waals surface area contributed by atoms with E-state index >= 15 is 0 Å². The monoisotopic (exact) mass is 394 g/mol. The van der Waals surface area contributed by atoms with Crippen LogP contribution in [0.3, 0.4) is 0 Å². The van der Waals surface area contributed by atoms with E-state index in [1.807, 2.05) is 6.07 Å². The van der Waals surface area contributed by atoms with Gasteiger partial charge in [-0.2, -0.15) is 21.3 Å². The lowest BCUT2D eigenvalue weighted by atomic mass is 10.2. The fourth-order valence-corrected chi connectivity index (χ4v) is 5.22. The zero-order chi connectivity index (χ0) is 17.9. The number of nitrogens with zero attached hydrogens (tertiary/aromatic N) is 2. The van der Waals surface area contributed by atoms with Crippen LogP contribution in [0.1, 0.15) is 5.56 Å². The third-order valence-corrected chi connectivity index (χ3v) is 6.92. The number of rotatable bonds is 4. The Morgan fingerprint density at radius 3 is 2.44 bits per heavy atom. The van der Waals surface area contributed by atoms with Gasteiger partial charge in [0.15, 0.2) is 0 Å². The lowest BCUT2D eigenvalue weighted by Gasteiger charge is -2.25. The topological polar surface area (TPSA) is 70.4 Å². The minimum atomic E-state index is -3.48. The van der Waals surface area contributed by atoms with Gasteiger partial charge in [0, 0.05) is 24.6 Å². The van der Waals surface area contributed by atoms with E-state index in [-0.39, 0.29) is 10.5 Å². The van der Waals surface area contributed by atoms with Crippen LogP contribution in [0.15, 0.2) is 47.4 Å². The van der Waals surface area contributed by atoms with Crippen LogP contribution in [0.4, 0.5) is 0 Å². The summed E-state index contributed by atoms with van der Waals surface area (Å²) in [4.78, 5) is 0.235. The fourth-order valence-electron chi connectivity index (χ4n) is 2.44. The zero-order valence-electron chi connectivity index (χ0n) is 13.2. The first kappa shape index (κ1) is 18.1. The van der Waals surface area contributed by atoms with Crippen LogP contribution >= 0.6 is 23.4 Å². The van der Waals surface area contributed by atoms with Crippen LogP contribution in [0.2, 0.25) is 5.02 Å². The van der Waals surface area contributed by atoms with Crippen molar-refractivity contribution >= 4 is 33.4 Å². The largest absolute Gasteiger partial charge is 0.456 e. The van der Waals surface area contributed by atoms with E-state index in [2.05, 4.69) is 0 Å². The molecule has 5 nitrogen and oxygen atoms in total. The Morgan fingerprint density at radius 2 is 1.80 bits per heavy atom. The van der Waals surface area contributed by atoms with E-state index in [0.717, 1.165) is 11.5 Å². The number of halogens is 1. The van der Waals surface area contributed by atoms with Gasteiger partial charge in [0.25, 0.3) is 0 Å². The minimum Gasteiger partial charge on any atom is -0.456 e. The van der Waals surface area contributed by atoms with Crippen LogP contribution in [0, 0.1) is 11.3 Å². The lowest BCUT2D eigenvalue weighted by molar-refractivity contribution is 0.443. The van der Waals surface area contributed by atoms with Gasteiger partial charge < -0.3 is 4.74 Å². The van der Waals surface area contributed by atoms with Gasteiger partial charge in [-0.05, 0) is 36.4 Å². The molecule has 1 fully saturated rings. The molecule has 1 aliphatic heterocycles. The van der Waals surface area contributed by atoms with E-state index in [1.165, 1.54) is 16.4 Å². The molecule has 25 heavy (non-hydrogen) atoms. The highest BCUT2D eigenvalue weighted by Gasteiger charge is 2.26. The predicted molar refractivity (Wildman–Crippen MR) is 98.8 cm³/mol. The van der Waals surface area contributed by atoms with Gasteiger partial charge in [0.05, 0.1) is 9.92 Å². The second kappa shape index (κ2) is 7.67. The standard InChI is InChI=1S/C17H15ClN2O3S2/c18-16-2-1-3-17(15(16)12-19)23-13-4-6-14(7-5-13)25(21,22)20-8-10-24-11-9-20/h1-7H,8-11H2. The summed E-state index contributed by atoms with van der Waals surface area (Å²) in [6.07, 6.45) is 0. The Morgan fingerprint density at radius 1 is 1.12 bits per heavy atom. The number of sulfonamides is 1. The quantitative estimate of drug-likeness (QED) is 0.789. The first-order chi connectivity index (χ1) is 12.0. The number of ether oxygens (including phenoxy) is 1. The molecule has 0 amide bonds. The lowest BCUT2D eigenvalue weighted by Crippen LogP contribution is -2.37. The van der Waals surface area contributed by atoms with E-state index < -0.39 is 10.0 Å². The molecule has 0 unspecified atom stereocenters. The number of hydrogen-bond donors (Lipinski definition) is 0. The summed E-state index contributed by atoms with van der Waals surface area (Å²) in [7, 11) is -3.48. The molecule has 1 heterocycles. The number of hydrogen-bond acceptors (Lipinski definition) is 5. The molecule has 130 valence electrons. The highest BCUT2D eigenvalue weighted by atomic mass is 35.5. The van der Waals surface area contributed by atoms with Crippen molar-refractivity contribution in [1.29, 1.82) is 5.26 Å². The summed E-state index contributed by atoms with van der Waals surface area (Å²) >= 11 is 7.73. The first-order valence-corrected chi connectivity index (χ1v) is 10.5. The minimum absolute atomic E-state index is 0.235. The summed E-state index contributed by atoms with van der Waals surface area (Å²) in [5.74, 6) is 2.39. The normalized spacial score (nSPS) is 15.5. The van der Waals surface area contributed by atoms with Crippen molar-refractivity contribution < 1.29 is 13.2 Å². The van der Waals surface area contributed by atoms with E-state index in [9.17, 15) is 13.7 Å². The first-order valence-electron chi connectivity index (χ1n) is 7.57. The Balaban J connectivity index is 1.81. The molecular weight excluding hydrogens is 380 g/mol. The van der Waals surface area contributed by atoms with Gasteiger partial charge in [-0.3, -0.25) is 0 Å². The molecule has 8 heteroatoms. The van der Waals surface area contributed by atoms with Crippen molar-refractivity contribution in [1.82, 2.24) is 4.31 Å². The van der Waals surface area contributed by atoms with Crippen molar-refractivity contribution in [2.24, 2.45) is 0 Å². The zero-order valence-corrected chi connectivity index (χ0v) is 15.6. The van der Waals surface area contributed by atoms with Gasteiger partial charge in [-0.25, -0.2) is 8.42 Å². The van der Waals surface area contributed by atoms with Crippen LogP contribution in [0.25, 0.3) is 0 Å². The summed E-state index contributed by atoms with van der Waals surface area (Å²) in [6, 6.07) is 13.1. The highest BCUT2D eigenvalue weighted by molar-refractivity contribution is 7.99. The van der Waals surface area contributed by atoms with E-state index in [1.54, 1.807) is 42.1 Å². The molecule has 0 atom stereocenters. The van der Waals surface area contributed by atoms with Crippen molar-refractivity contribution in [3.8, 4) is 17.6 Å². The van der Waals surface area contributed by atoms with Gasteiger partial charge in [0.2, 0.25) is 10.0 Å². The molecule has 2 aromatic carbocycles. The van der Waals surface area contributed by atoms with Crippen LogP contribution in [-0.2, 0) is 10.0 Å². The van der Waals surface area contributed by atoms with Crippen molar-refractivity contribution in [3.63, 3.8) is 0 Å². The molecule has 0 aliphatic carbocycles. The SMILES string of the molecule is N#Cc1c(Cl)cccc1Oc1ccc(S(=O)(=O)N2CCSCC2)cc1. The summed E-state index contributed by atoms with van der Waals surface area (Å²) in [5, 5.41) is 9.48. The van der Waals surface area contributed by atoms with Gasteiger partial charge in [-0.15, -0.1) is 0 Å². The van der Waals surface area contributed by atoms with Crippen LogP contribution < -0.4 is 4.74 Å². The smallest absolute Gasteiger partial charge is 0.243 e. The van der Waals surface area contributed by atoms with Crippen molar-refractivity contribution in [2.45, 2.75) is 4.90 Å². The molecule has 0 N–H and O–H groups in total. The second-order valence-corrected chi connectivity index (χ2v) is 8.88. The maximum atomic E-state index is 12.6. The number of thioether (sulfide) groups is 1. The second-order valence-electron chi connectivity index (χ2n) is 5.31. The Labute approximate surface area is 156 Å². The maximum Gasteiger partial charge on any atom is 0.243 e. The van der Waals surface area contributed by atoms with Gasteiger partial charge in [-0.1, -0.05) is 17.7 Å². The maximum absolute atomic E-state index is 12.6. The van der Waals surface area contributed by atoms with Gasteiger partial charge in [0.1, 0.15) is 23.1 Å². The fraction of sp³-hybridized carbons (Fsp3) is 0.235. The van der Waals surface area contributed by atoms with Crippen LogP contribution in [-0.4, -0.2) is 37.3 Å². The van der Waals surface area contributed by atoms with Gasteiger partial charge >= 0.3 is 0 Å². The molecule has 1 saturated heterocycles. The van der Waals surface area contributed by atoms with Crippen molar-refractivity contribution in [2.75, 3.05) is 24.6 Å². The van der Waals surface area contributed by atoms with E-state index in [4.69, 9.17) is 16.3 Å². The van der Waals surface area contributed by atoms with Crippen molar-refractivity contribution in [3.05, 3.63) is 53.1 Å². The Kier molecular flexibility index (Phi) is 5.54. The molecule has 1 aliphatic rings. The molecule has 0 saturated carbocycles. The summed E-state index contributed by atoms with van der Waals surface area (Å²) in [5.41, 5.74) is 0.242. The molecule has 0 radical (unpaired) electrons. The third kappa shape index (κ3) is 3.93.